The van der Waals surface area contributed by atoms with Gasteiger partial charge in [-0.2, -0.15) is 0 Å². The molecule has 0 aliphatic carbocycles. The predicted molar refractivity (Wildman–Crippen MR) is 106 cm³/mol. The number of benzene rings is 1. The maximum atomic E-state index is 5.79. The molecule has 0 spiro atoms. The summed E-state index contributed by atoms with van der Waals surface area (Å²) in [5, 5.41) is 15.4. The molecule has 1 saturated heterocycles. The van der Waals surface area contributed by atoms with Crippen molar-refractivity contribution < 1.29 is 9.47 Å². The third-order valence-corrected chi connectivity index (χ3v) is 5.41. The molecule has 1 fully saturated rings. The van der Waals surface area contributed by atoms with Gasteiger partial charge in [-0.3, -0.25) is 0 Å². The van der Waals surface area contributed by atoms with Gasteiger partial charge in [0.25, 0.3) is 0 Å². The number of guanidine groups is 1. The highest BCUT2D eigenvalue weighted by Crippen LogP contribution is 2.31. The first-order valence-electron chi connectivity index (χ1n) is 9.90. The molecule has 28 heavy (non-hydrogen) atoms. The van der Waals surface area contributed by atoms with E-state index < -0.39 is 0 Å². The predicted octanol–water partition coefficient (Wildman–Crippen LogP) is 1.72. The van der Waals surface area contributed by atoms with Gasteiger partial charge in [-0.05, 0) is 19.4 Å². The molecular formula is C20H28N6O2. The van der Waals surface area contributed by atoms with E-state index in [0.717, 1.165) is 56.0 Å². The van der Waals surface area contributed by atoms with Crippen LogP contribution in [-0.2, 0) is 18.3 Å². The van der Waals surface area contributed by atoms with Gasteiger partial charge in [0, 0.05) is 38.1 Å². The van der Waals surface area contributed by atoms with E-state index in [0.29, 0.717) is 19.1 Å². The average molecular weight is 384 g/mol. The molecule has 0 amide bonds. The molecule has 2 aliphatic heterocycles. The minimum Gasteiger partial charge on any atom is -0.493 e. The summed E-state index contributed by atoms with van der Waals surface area (Å²) in [6.45, 7) is 5.60. The molecule has 0 saturated carbocycles. The fraction of sp³-hybridized carbons (Fsp3) is 0.550. The molecule has 2 aliphatic rings. The zero-order valence-electron chi connectivity index (χ0n) is 16.5. The Balaban J connectivity index is 1.49. The Bertz CT molecular complexity index is 828. The molecule has 2 unspecified atom stereocenters. The second-order valence-electron chi connectivity index (χ2n) is 7.37. The van der Waals surface area contributed by atoms with Crippen molar-refractivity contribution in [1.29, 1.82) is 0 Å². The molecule has 4 rings (SSSR count). The summed E-state index contributed by atoms with van der Waals surface area (Å²) in [5.74, 6) is 3.98. The molecule has 2 atom stereocenters. The molecule has 8 nitrogen and oxygen atoms in total. The van der Waals surface area contributed by atoms with E-state index >= 15 is 0 Å². The number of ether oxygens (including phenoxy) is 2. The number of para-hydroxylation sites is 1. The van der Waals surface area contributed by atoms with Crippen LogP contribution in [0.2, 0.25) is 0 Å². The molecule has 0 radical (unpaired) electrons. The van der Waals surface area contributed by atoms with E-state index in [4.69, 9.17) is 14.5 Å². The van der Waals surface area contributed by atoms with Crippen LogP contribution in [0.1, 0.15) is 36.1 Å². The van der Waals surface area contributed by atoms with E-state index in [1.165, 1.54) is 5.56 Å². The maximum absolute atomic E-state index is 5.79. The highest BCUT2D eigenvalue weighted by atomic mass is 16.5. The Morgan fingerprint density at radius 2 is 2.14 bits per heavy atom. The summed E-state index contributed by atoms with van der Waals surface area (Å²) in [7, 11) is 1.96. The van der Waals surface area contributed by atoms with Crippen LogP contribution < -0.4 is 15.4 Å². The van der Waals surface area contributed by atoms with Crippen LogP contribution in [0.25, 0.3) is 0 Å². The Morgan fingerprint density at radius 3 is 2.93 bits per heavy atom. The third kappa shape index (κ3) is 4.27. The van der Waals surface area contributed by atoms with Gasteiger partial charge in [0.15, 0.2) is 11.8 Å². The topological polar surface area (TPSA) is 85.6 Å². The fourth-order valence-corrected chi connectivity index (χ4v) is 3.53. The zero-order chi connectivity index (χ0) is 19.3. The molecule has 2 N–H and O–H groups in total. The first-order chi connectivity index (χ1) is 13.7. The van der Waals surface area contributed by atoms with Crippen LogP contribution in [0.5, 0.6) is 5.75 Å². The summed E-state index contributed by atoms with van der Waals surface area (Å²) in [5.41, 5.74) is 1.17. The summed E-state index contributed by atoms with van der Waals surface area (Å²) >= 11 is 0. The Labute approximate surface area is 165 Å². The summed E-state index contributed by atoms with van der Waals surface area (Å²) in [4.78, 5) is 4.79. The van der Waals surface area contributed by atoms with Crippen molar-refractivity contribution in [2.24, 2.45) is 18.0 Å². The van der Waals surface area contributed by atoms with E-state index in [-0.39, 0.29) is 6.04 Å². The first-order valence-corrected chi connectivity index (χ1v) is 9.90. The van der Waals surface area contributed by atoms with Crippen molar-refractivity contribution in [3.05, 3.63) is 41.5 Å². The van der Waals surface area contributed by atoms with Gasteiger partial charge in [-0.15, -0.1) is 10.2 Å². The highest BCUT2D eigenvalue weighted by molar-refractivity contribution is 5.80. The second-order valence-corrected chi connectivity index (χ2v) is 7.37. The van der Waals surface area contributed by atoms with Crippen LogP contribution in [0.4, 0.5) is 0 Å². The Hall–Kier alpha value is -2.61. The van der Waals surface area contributed by atoms with E-state index in [1.54, 1.807) is 0 Å². The summed E-state index contributed by atoms with van der Waals surface area (Å²) in [6.07, 6.45) is 1.98. The van der Waals surface area contributed by atoms with Crippen LogP contribution >= 0.6 is 0 Å². The average Bonchev–Trinajstić information content (AvgIpc) is 3.35. The lowest BCUT2D eigenvalue weighted by Gasteiger charge is -2.28. The SMILES string of the molecule is Cc1nnc(CN=C(NCC2CCOC2)NC2CCOc3ccccc32)n1C. The molecule has 150 valence electrons. The van der Waals surface area contributed by atoms with Gasteiger partial charge >= 0.3 is 0 Å². The smallest absolute Gasteiger partial charge is 0.192 e. The normalized spacial score (nSPS) is 21.9. The molecular weight excluding hydrogens is 356 g/mol. The van der Waals surface area contributed by atoms with Crippen molar-refractivity contribution in [3.8, 4) is 5.75 Å². The number of hydrogen-bond donors (Lipinski definition) is 2. The molecule has 0 bridgehead atoms. The number of aliphatic imine (C=N–C) groups is 1. The first kappa shape index (κ1) is 18.7. The molecule has 8 heteroatoms. The molecule has 1 aromatic heterocycles. The van der Waals surface area contributed by atoms with Gasteiger partial charge < -0.3 is 24.7 Å². The van der Waals surface area contributed by atoms with Gasteiger partial charge in [0.2, 0.25) is 0 Å². The summed E-state index contributed by atoms with van der Waals surface area (Å²) < 4.78 is 13.2. The Morgan fingerprint density at radius 1 is 1.25 bits per heavy atom. The molecule has 2 aromatic rings. The molecule has 1 aromatic carbocycles. The lowest BCUT2D eigenvalue weighted by molar-refractivity contribution is 0.186. The maximum Gasteiger partial charge on any atom is 0.192 e. The number of nitrogens with one attached hydrogen (secondary N) is 2. The third-order valence-electron chi connectivity index (χ3n) is 5.41. The lowest BCUT2D eigenvalue weighted by atomic mass is 10.0. The Kier molecular flexibility index (Phi) is 5.76. The van der Waals surface area contributed by atoms with Gasteiger partial charge in [0.05, 0.1) is 19.3 Å². The van der Waals surface area contributed by atoms with Crippen molar-refractivity contribution in [3.63, 3.8) is 0 Å². The van der Waals surface area contributed by atoms with Crippen LogP contribution in [-0.4, -0.2) is 47.1 Å². The molecule has 3 heterocycles. The van der Waals surface area contributed by atoms with Gasteiger partial charge in [-0.25, -0.2) is 4.99 Å². The summed E-state index contributed by atoms with van der Waals surface area (Å²) in [6, 6.07) is 8.35. The highest BCUT2D eigenvalue weighted by Gasteiger charge is 2.23. The number of rotatable bonds is 5. The van der Waals surface area contributed by atoms with Crippen molar-refractivity contribution in [2.75, 3.05) is 26.4 Å². The van der Waals surface area contributed by atoms with Crippen LogP contribution in [0, 0.1) is 12.8 Å². The van der Waals surface area contributed by atoms with Crippen LogP contribution in [0.15, 0.2) is 29.3 Å². The van der Waals surface area contributed by atoms with Gasteiger partial charge in [0.1, 0.15) is 18.1 Å². The number of fused-ring (bicyclic) bond motifs is 1. The van der Waals surface area contributed by atoms with Crippen LogP contribution in [0.3, 0.4) is 0 Å². The van der Waals surface area contributed by atoms with E-state index in [2.05, 4.69) is 26.9 Å². The lowest BCUT2D eigenvalue weighted by Crippen LogP contribution is -2.43. The number of aryl methyl sites for hydroxylation is 1. The minimum absolute atomic E-state index is 0.164. The number of aromatic nitrogens is 3. The number of hydrogen-bond acceptors (Lipinski definition) is 5. The van der Waals surface area contributed by atoms with Crippen molar-refractivity contribution in [2.45, 2.75) is 32.4 Å². The standard InChI is InChI=1S/C20H28N6O2/c1-14-24-25-19(26(14)2)12-22-20(21-11-15-7-9-27-13-15)23-17-8-10-28-18-6-4-3-5-16(17)18/h3-6,15,17H,7-13H2,1-2H3,(H2,21,22,23). The quantitative estimate of drug-likeness (QED) is 0.603. The van der Waals surface area contributed by atoms with Gasteiger partial charge in [-0.1, -0.05) is 18.2 Å². The van der Waals surface area contributed by atoms with E-state index in [1.807, 2.05) is 36.7 Å². The fourth-order valence-electron chi connectivity index (χ4n) is 3.53. The van der Waals surface area contributed by atoms with Crippen molar-refractivity contribution in [1.82, 2.24) is 25.4 Å². The monoisotopic (exact) mass is 384 g/mol. The van der Waals surface area contributed by atoms with E-state index in [9.17, 15) is 0 Å². The zero-order valence-corrected chi connectivity index (χ0v) is 16.5. The minimum atomic E-state index is 0.164. The second kappa shape index (κ2) is 8.60. The largest absolute Gasteiger partial charge is 0.493 e. The number of nitrogens with zero attached hydrogens (tertiary/aromatic N) is 4. The van der Waals surface area contributed by atoms with Crippen molar-refractivity contribution >= 4 is 5.96 Å².